The molecule has 2 aromatic carbocycles. The highest BCUT2D eigenvalue weighted by Gasteiger charge is 2.53. The summed E-state index contributed by atoms with van der Waals surface area (Å²) in [5.41, 5.74) is 3.13. The molecular formula is C23H27NO5S. The molecular weight excluding hydrogens is 402 g/mol. The number of methoxy groups -OCH3 is 1. The van der Waals surface area contributed by atoms with Crippen molar-refractivity contribution in [2.24, 2.45) is 0 Å². The molecule has 1 saturated carbocycles. The Morgan fingerprint density at radius 2 is 1.67 bits per heavy atom. The topological polar surface area (TPSA) is 89.5 Å². The van der Waals surface area contributed by atoms with Crippen LogP contribution in [-0.2, 0) is 19.4 Å². The number of benzene rings is 2. The Kier molecular flexibility index (Phi) is 6.04. The minimum atomic E-state index is -3.91. The zero-order chi connectivity index (χ0) is 22.1. The summed E-state index contributed by atoms with van der Waals surface area (Å²) in [5.74, 6) is -1.06. The van der Waals surface area contributed by atoms with Crippen LogP contribution in [0.25, 0.3) is 0 Å². The number of aryl methyl sites for hydroxylation is 2. The van der Waals surface area contributed by atoms with Crippen LogP contribution in [0.1, 0.15) is 52.7 Å². The first-order valence-corrected chi connectivity index (χ1v) is 11.4. The quantitative estimate of drug-likeness (QED) is 0.722. The summed E-state index contributed by atoms with van der Waals surface area (Å²) >= 11 is 0. The van der Waals surface area contributed by atoms with Gasteiger partial charge in [-0.2, -0.15) is 0 Å². The Morgan fingerprint density at radius 3 is 2.27 bits per heavy atom. The third-order valence-electron chi connectivity index (χ3n) is 6.12. The highest BCUT2D eigenvalue weighted by molar-refractivity contribution is 7.93. The maximum atomic E-state index is 13.6. The third kappa shape index (κ3) is 3.62. The van der Waals surface area contributed by atoms with Gasteiger partial charge in [-0.3, -0.25) is 4.79 Å². The number of amides is 1. The predicted molar refractivity (Wildman–Crippen MR) is 115 cm³/mol. The van der Waals surface area contributed by atoms with Crippen molar-refractivity contribution < 1.29 is 22.7 Å². The van der Waals surface area contributed by atoms with Gasteiger partial charge in [-0.25, -0.2) is 13.2 Å². The first-order chi connectivity index (χ1) is 14.1. The van der Waals surface area contributed by atoms with E-state index in [1.165, 1.54) is 7.11 Å². The smallest absolute Gasteiger partial charge is 0.338 e. The Bertz CT molecular complexity index is 1100. The number of hydrogen-bond acceptors (Lipinski definition) is 5. The molecule has 0 bridgehead atoms. The molecule has 1 aliphatic rings. The number of rotatable bonds is 5. The van der Waals surface area contributed by atoms with E-state index in [0.717, 1.165) is 11.1 Å². The van der Waals surface area contributed by atoms with Crippen molar-refractivity contribution in [3.05, 3.63) is 58.7 Å². The fraction of sp³-hybridized carbons (Fsp3) is 0.391. The molecule has 0 unspecified atom stereocenters. The van der Waals surface area contributed by atoms with E-state index < -0.39 is 26.5 Å². The average Bonchev–Trinajstić information content (AvgIpc) is 3.23. The van der Waals surface area contributed by atoms with Gasteiger partial charge in [0.25, 0.3) is 0 Å². The molecule has 0 aromatic heterocycles. The van der Waals surface area contributed by atoms with Crippen LogP contribution in [0.15, 0.2) is 41.3 Å². The molecule has 160 valence electrons. The number of carbonyl (C=O) groups excluding carboxylic acids is 2. The molecule has 0 heterocycles. The van der Waals surface area contributed by atoms with Crippen LogP contribution in [0.2, 0.25) is 0 Å². The molecule has 0 atom stereocenters. The molecule has 7 heteroatoms. The number of anilines is 1. The van der Waals surface area contributed by atoms with Gasteiger partial charge >= 0.3 is 5.97 Å². The fourth-order valence-electron chi connectivity index (χ4n) is 4.01. The van der Waals surface area contributed by atoms with Gasteiger partial charge in [-0.05, 0) is 74.6 Å². The van der Waals surface area contributed by atoms with Crippen LogP contribution >= 0.6 is 0 Å². The van der Waals surface area contributed by atoms with E-state index in [4.69, 9.17) is 4.74 Å². The highest BCUT2D eigenvalue weighted by atomic mass is 32.2. The van der Waals surface area contributed by atoms with Crippen molar-refractivity contribution in [1.82, 2.24) is 0 Å². The molecule has 30 heavy (non-hydrogen) atoms. The number of nitrogens with one attached hydrogen (secondary N) is 1. The lowest BCUT2D eigenvalue weighted by Gasteiger charge is -2.28. The van der Waals surface area contributed by atoms with Crippen LogP contribution in [0, 0.1) is 20.8 Å². The normalized spacial score (nSPS) is 15.6. The van der Waals surface area contributed by atoms with Gasteiger partial charge in [0.1, 0.15) is 0 Å². The van der Waals surface area contributed by atoms with Crippen molar-refractivity contribution in [2.45, 2.75) is 56.1 Å². The molecule has 1 aliphatic carbocycles. The van der Waals surface area contributed by atoms with Crippen LogP contribution in [0.5, 0.6) is 0 Å². The first-order valence-electron chi connectivity index (χ1n) is 9.95. The average molecular weight is 430 g/mol. The minimum absolute atomic E-state index is 0.169. The van der Waals surface area contributed by atoms with Crippen molar-refractivity contribution in [2.75, 3.05) is 12.4 Å². The first kappa shape index (κ1) is 22.0. The van der Waals surface area contributed by atoms with E-state index in [0.29, 0.717) is 29.7 Å². The van der Waals surface area contributed by atoms with Crippen LogP contribution in [0.3, 0.4) is 0 Å². The lowest BCUT2D eigenvalue weighted by Crippen LogP contribution is -2.47. The van der Waals surface area contributed by atoms with Crippen molar-refractivity contribution in [3.8, 4) is 0 Å². The SMILES string of the molecule is COC(=O)c1cccc(NC(=O)C2(S(=O)(=O)c3ccc(C)c(C)c3)CCCC2)c1C. The molecule has 0 aliphatic heterocycles. The second-order valence-corrected chi connectivity index (χ2v) is 10.1. The molecule has 1 fully saturated rings. The molecule has 1 amide bonds. The molecule has 0 spiro atoms. The fourth-order valence-corrected chi connectivity index (χ4v) is 6.16. The maximum absolute atomic E-state index is 13.6. The monoisotopic (exact) mass is 429 g/mol. The molecule has 1 N–H and O–H groups in total. The molecule has 0 radical (unpaired) electrons. The number of ether oxygens (including phenoxy) is 1. The van der Waals surface area contributed by atoms with E-state index >= 15 is 0 Å². The second-order valence-electron chi connectivity index (χ2n) is 7.87. The lowest BCUT2D eigenvalue weighted by molar-refractivity contribution is -0.118. The second kappa shape index (κ2) is 8.22. The molecule has 6 nitrogen and oxygen atoms in total. The minimum Gasteiger partial charge on any atom is -0.465 e. The summed E-state index contributed by atoms with van der Waals surface area (Å²) in [6.45, 7) is 5.47. The van der Waals surface area contributed by atoms with Gasteiger partial charge in [0.15, 0.2) is 14.6 Å². The Hall–Kier alpha value is -2.67. The van der Waals surface area contributed by atoms with Crippen LogP contribution in [-0.4, -0.2) is 32.2 Å². The van der Waals surface area contributed by atoms with Crippen molar-refractivity contribution in [3.63, 3.8) is 0 Å². The predicted octanol–water partition coefficient (Wildman–Crippen LogP) is 4.12. The highest BCUT2D eigenvalue weighted by Crippen LogP contribution is 2.42. The molecule has 0 saturated heterocycles. The number of sulfone groups is 1. The molecule has 2 aromatic rings. The van der Waals surface area contributed by atoms with Gasteiger partial charge in [-0.15, -0.1) is 0 Å². The third-order valence-corrected chi connectivity index (χ3v) is 8.61. The summed E-state index contributed by atoms with van der Waals surface area (Å²) in [6, 6.07) is 9.88. The van der Waals surface area contributed by atoms with E-state index in [1.54, 1.807) is 43.3 Å². The van der Waals surface area contributed by atoms with Crippen LogP contribution in [0.4, 0.5) is 5.69 Å². The van der Waals surface area contributed by atoms with Gasteiger partial charge in [0.2, 0.25) is 5.91 Å². The van der Waals surface area contributed by atoms with Gasteiger partial charge in [0, 0.05) is 5.69 Å². The lowest BCUT2D eigenvalue weighted by atomic mass is 10.0. The Labute approximate surface area is 177 Å². The van der Waals surface area contributed by atoms with E-state index in [-0.39, 0.29) is 17.7 Å². The van der Waals surface area contributed by atoms with Crippen molar-refractivity contribution >= 4 is 27.4 Å². The number of carbonyl (C=O) groups is 2. The Morgan fingerprint density at radius 1 is 1.00 bits per heavy atom. The summed E-state index contributed by atoms with van der Waals surface area (Å²) < 4.78 is 30.5. The van der Waals surface area contributed by atoms with Gasteiger partial charge < -0.3 is 10.1 Å². The zero-order valence-corrected chi connectivity index (χ0v) is 18.6. The summed E-state index contributed by atoms with van der Waals surface area (Å²) in [5, 5.41) is 2.79. The summed E-state index contributed by atoms with van der Waals surface area (Å²) in [7, 11) is -2.62. The largest absolute Gasteiger partial charge is 0.465 e. The van der Waals surface area contributed by atoms with E-state index in [2.05, 4.69) is 5.32 Å². The maximum Gasteiger partial charge on any atom is 0.338 e. The van der Waals surface area contributed by atoms with E-state index in [1.807, 2.05) is 13.8 Å². The number of hydrogen-bond donors (Lipinski definition) is 1. The summed E-state index contributed by atoms with van der Waals surface area (Å²) in [4.78, 5) is 25.5. The van der Waals surface area contributed by atoms with Crippen LogP contribution < -0.4 is 5.32 Å². The van der Waals surface area contributed by atoms with E-state index in [9.17, 15) is 18.0 Å². The zero-order valence-electron chi connectivity index (χ0n) is 17.7. The van der Waals surface area contributed by atoms with Gasteiger partial charge in [-0.1, -0.05) is 25.0 Å². The number of esters is 1. The van der Waals surface area contributed by atoms with Crippen molar-refractivity contribution in [1.29, 1.82) is 0 Å². The molecule has 3 rings (SSSR count). The summed E-state index contributed by atoms with van der Waals surface area (Å²) in [6.07, 6.45) is 1.87. The van der Waals surface area contributed by atoms with Gasteiger partial charge in [0.05, 0.1) is 17.6 Å². The Balaban J connectivity index is 2.02. The standard InChI is InChI=1S/C23H27NO5S/c1-15-10-11-18(14-16(15)2)30(27,28)23(12-5-6-13-23)22(26)24-20-9-7-8-19(17(20)3)21(25)29-4/h7-11,14H,5-6,12-13H2,1-4H3,(H,24,26).